The molecule has 0 aliphatic carbocycles. The zero-order chi connectivity index (χ0) is 22.3. The van der Waals surface area contributed by atoms with Gasteiger partial charge in [0.05, 0.1) is 25.1 Å². The highest BCUT2D eigenvalue weighted by Crippen LogP contribution is 2.33. The van der Waals surface area contributed by atoms with Gasteiger partial charge in [0.15, 0.2) is 5.76 Å². The molecule has 2 aromatic carbocycles. The summed E-state index contributed by atoms with van der Waals surface area (Å²) < 4.78 is 12.9. The van der Waals surface area contributed by atoms with Crippen molar-refractivity contribution in [1.29, 1.82) is 0 Å². The number of rotatable bonds is 7. The van der Waals surface area contributed by atoms with E-state index in [1.807, 2.05) is 54.6 Å². The van der Waals surface area contributed by atoms with E-state index in [4.69, 9.17) is 9.47 Å². The van der Waals surface area contributed by atoms with E-state index in [2.05, 4.69) is 26.2 Å². The molecule has 1 amide bonds. The molecule has 0 bridgehead atoms. The summed E-state index contributed by atoms with van der Waals surface area (Å²) in [5.74, 6) is -0.164. The molecule has 0 fully saturated rings. The number of allylic oxidation sites excluding steroid dienone is 1. The molecule has 1 aliphatic heterocycles. The van der Waals surface area contributed by atoms with Gasteiger partial charge >= 0.3 is 0 Å². The molecule has 0 unspecified atom stereocenters. The molecule has 1 aliphatic rings. The van der Waals surface area contributed by atoms with Crippen LogP contribution in [-0.4, -0.2) is 22.3 Å². The Kier molecular flexibility index (Phi) is 7.32. The summed E-state index contributed by atoms with van der Waals surface area (Å²) in [7, 11) is 0. The number of hydrogen-bond donors (Lipinski definition) is 2. The molecular weight excluding hydrogens is 472 g/mol. The Morgan fingerprint density at radius 3 is 2.56 bits per heavy atom. The minimum Gasteiger partial charge on any atom is -0.459 e. The minimum absolute atomic E-state index is 0.00193. The number of ether oxygens (including phenoxy) is 2. The van der Waals surface area contributed by atoms with Crippen molar-refractivity contribution in [2.75, 3.05) is 5.32 Å². The van der Waals surface area contributed by atoms with Crippen LogP contribution in [0.25, 0.3) is 0 Å². The molecule has 0 radical (unpaired) electrons. The Morgan fingerprint density at radius 2 is 1.88 bits per heavy atom. The molecule has 0 saturated carbocycles. The molecule has 164 valence electrons. The Hall–Kier alpha value is -3.00. The lowest BCUT2D eigenvalue weighted by molar-refractivity contribution is -0.147. The summed E-state index contributed by atoms with van der Waals surface area (Å²) in [6.45, 7) is 0.336. The van der Waals surface area contributed by atoms with Crippen molar-refractivity contribution in [3.8, 4) is 0 Å². The molecule has 32 heavy (non-hydrogen) atoms. The van der Waals surface area contributed by atoms with Gasteiger partial charge in [-0.1, -0.05) is 52.3 Å². The Morgan fingerprint density at radius 1 is 1.12 bits per heavy atom. The highest BCUT2D eigenvalue weighted by Gasteiger charge is 2.29. The number of carbonyl (C=O) groups is 1. The first kappa shape index (κ1) is 22.2. The van der Waals surface area contributed by atoms with Crippen molar-refractivity contribution in [3.63, 3.8) is 0 Å². The van der Waals surface area contributed by atoms with Crippen molar-refractivity contribution in [2.24, 2.45) is 0 Å². The van der Waals surface area contributed by atoms with E-state index >= 15 is 0 Å². The van der Waals surface area contributed by atoms with Crippen molar-refractivity contribution < 1.29 is 19.4 Å². The van der Waals surface area contributed by atoms with E-state index in [-0.39, 0.29) is 24.2 Å². The van der Waals surface area contributed by atoms with E-state index in [0.29, 0.717) is 18.7 Å². The van der Waals surface area contributed by atoms with Crippen LogP contribution in [0.15, 0.2) is 89.4 Å². The first-order valence-corrected chi connectivity index (χ1v) is 11.1. The lowest BCUT2D eigenvalue weighted by Gasteiger charge is -2.29. The summed E-state index contributed by atoms with van der Waals surface area (Å²) >= 11 is 3.46. The third kappa shape index (κ3) is 5.82. The van der Waals surface area contributed by atoms with Crippen LogP contribution in [-0.2, 0) is 27.5 Å². The van der Waals surface area contributed by atoms with Crippen LogP contribution >= 0.6 is 15.9 Å². The van der Waals surface area contributed by atoms with E-state index in [0.717, 1.165) is 21.2 Å². The van der Waals surface area contributed by atoms with Crippen LogP contribution in [0.1, 0.15) is 29.0 Å². The standard InChI is InChI=1S/C25H23BrN2O4/c26-21-9-7-19(8-10-21)20-12-23(25(30)28-22-2-1-11-27-14-22)32-24(13-20)31-16-18-5-3-17(15-29)4-6-18/h1-12,14,20,24,29H,13,15-16H2,(H,28,30)/t20-,24+/m1/s1. The number of anilines is 1. The van der Waals surface area contributed by atoms with Gasteiger partial charge in [0.2, 0.25) is 6.29 Å². The number of carbonyl (C=O) groups excluding carboxylic acids is 1. The number of amides is 1. The van der Waals surface area contributed by atoms with Crippen LogP contribution in [0.3, 0.4) is 0 Å². The van der Waals surface area contributed by atoms with Crippen LogP contribution in [0, 0.1) is 0 Å². The Balaban J connectivity index is 1.50. The number of halogens is 1. The maximum Gasteiger partial charge on any atom is 0.290 e. The summed E-state index contributed by atoms with van der Waals surface area (Å²) in [5.41, 5.74) is 3.47. The van der Waals surface area contributed by atoms with Gasteiger partial charge in [0.1, 0.15) is 0 Å². The summed E-state index contributed by atoms with van der Waals surface area (Å²) in [5, 5.41) is 12.0. The van der Waals surface area contributed by atoms with Crippen molar-refractivity contribution in [3.05, 3.63) is 106 Å². The van der Waals surface area contributed by atoms with Crippen molar-refractivity contribution >= 4 is 27.5 Å². The monoisotopic (exact) mass is 494 g/mol. The number of aliphatic hydroxyl groups excluding tert-OH is 1. The minimum atomic E-state index is -0.583. The van der Waals surface area contributed by atoms with Gasteiger partial charge in [0, 0.05) is 23.0 Å². The normalized spacial score (nSPS) is 17.9. The quantitative estimate of drug-likeness (QED) is 0.487. The molecule has 6 nitrogen and oxygen atoms in total. The Labute approximate surface area is 195 Å². The fourth-order valence-corrected chi connectivity index (χ4v) is 3.68. The topological polar surface area (TPSA) is 80.7 Å². The van der Waals surface area contributed by atoms with E-state index in [1.165, 1.54) is 0 Å². The highest BCUT2D eigenvalue weighted by atomic mass is 79.9. The largest absolute Gasteiger partial charge is 0.459 e. The number of aliphatic hydroxyl groups is 1. The molecule has 2 heterocycles. The Bertz CT molecular complexity index is 1070. The molecule has 7 heteroatoms. The molecule has 3 aromatic rings. The number of hydrogen-bond acceptors (Lipinski definition) is 5. The third-order valence-electron chi connectivity index (χ3n) is 5.14. The van der Waals surface area contributed by atoms with Gasteiger partial charge < -0.3 is 19.9 Å². The number of aromatic nitrogens is 1. The predicted octanol–water partition coefficient (Wildman–Crippen LogP) is 4.91. The lowest BCUT2D eigenvalue weighted by Crippen LogP contribution is -2.29. The van der Waals surface area contributed by atoms with E-state index in [9.17, 15) is 9.90 Å². The summed E-state index contributed by atoms with van der Waals surface area (Å²) in [4.78, 5) is 16.9. The average molecular weight is 495 g/mol. The summed E-state index contributed by atoms with van der Waals surface area (Å²) in [6, 6.07) is 19.1. The zero-order valence-corrected chi connectivity index (χ0v) is 18.9. The molecular formula is C25H23BrN2O4. The van der Waals surface area contributed by atoms with Crippen molar-refractivity contribution in [2.45, 2.75) is 31.8 Å². The predicted molar refractivity (Wildman–Crippen MR) is 124 cm³/mol. The second-order valence-electron chi connectivity index (χ2n) is 7.45. The lowest BCUT2D eigenvalue weighted by atomic mass is 9.93. The van der Waals surface area contributed by atoms with Gasteiger partial charge in [-0.3, -0.25) is 9.78 Å². The first-order valence-electron chi connectivity index (χ1n) is 10.3. The SMILES string of the molecule is O=C(Nc1cccnc1)C1=C[C@@H](c2ccc(Br)cc2)C[C@@H](OCc2ccc(CO)cc2)O1. The molecule has 4 rings (SSSR count). The van der Waals surface area contributed by atoms with Crippen LogP contribution < -0.4 is 5.32 Å². The van der Waals surface area contributed by atoms with Gasteiger partial charge in [-0.05, 0) is 47.0 Å². The third-order valence-corrected chi connectivity index (χ3v) is 5.67. The smallest absolute Gasteiger partial charge is 0.290 e. The molecule has 2 atom stereocenters. The van der Waals surface area contributed by atoms with E-state index < -0.39 is 6.29 Å². The van der Waals surface area contributed by atoms with Crippen LogP contribution in [0.5, 0.6) is 0 Å². The number of benzene rings is 2. The van der Waals surface area contributed by atoms with Crippen LogP contribution in [0.4, 0.5) is 5.69 Å². The molecule has 2 N–H and O–H groups in total. The van der Waals surface area contributed by atoms with Gasteiger partial charge in [-0.15, -0.1) is 0 Å². The second-order valence-corrected chi connectivity index (χ2v) is 8.37. The van der Waals surface area contributed by atoms with Crippen molar-refractivity contribution in [1.82, 2.24) is 4.98 Å². The number of nitrogens with one attached hydrogen (secondary N) is 1. The van der Waals surface area contributed by atoms with Gasteiger partial charge in [-0.2, -0.15) is 0 Å². The zero-order valence-electron chi connectivity index (χ0n) is 17.3. The molecule has 1 aromatic heterocycles. The maximum atomic E-state index is 12.9. The maximum absolute atomic E-state index is 12.9. The fourth-order valence-electron chi connectivity index (χ4n) is 3.42. The number of nitrogens with zero attached hydrogens (tertiary/aromatic N) is 1. The molecule has 0 spiro atoms. The summed E-state index contributed by atoms with van der Waals surface area (Å²) in [6.07, 6.45) is 5.07. The van der Waals surface area contributed by atoms with E-state index in [1.54, 1.807) is 24.5 Å². The second kappa shape index (κ2) is 10.5. The molecule has 0 saturated heterocycles. The van der Waals surface area contributed by atoms with Gasteiger partial charge in [0.25, 0.3) is 5.91 Å². The number of pyridine rings is 1. The average Bonchev–Trinajstić information content (AvgIpc) is 2.84. The fraction of sp³-hybridized carbons (Fsp3) is 0.200. The van der Waals surface area contributed by atoms with Gasteiger partial charge in [-0.25, -0.2) is 0 Å². The van der Waals surface area contributed by atoms with Crippen LogP contribution in [0.2, 0.25) is 0 Å². The highest BCUT2D eigenvalue weighted by molar-refractivity contribution is 9.10. The first-order chi connectivity index (χ1) is 15.6.